The maximum Gasteiger partial charge on any atom is 0.237 e. The van der Waals surface area contributed by atoms with E-state index in [1.165, 1.54) is 11.8 Å². The van der Waals surface area contributed by atoms with E-state index in [0.717, 1.165) is 35.3 Å². The van der Waals surface area contributed by atoms with Crippen LogP contribution < -0.4 is 5.32 Å². The summed E-state index contributed by atoms with van der Waals surface area (Å²) in [5.74, 6) is -0.0923. The first-order valence-corrected chi connectivity index (χ1v) is 9.28. The van der Waals surface area contributed by atoms with Crippen molar-refractivity contribution in [2.75, 3.05) is 5.32 Å². The second-order valence-corrected chi connectivity index (χ2v) is 7.34. The lowest BCUT2D eigenvalue weighted by Crippen LogP contribution is -2.23. The fourth-order valence-electron chi connectivity index (χ4n) is 2.39. The van der Waals surface area contributed by atoms with Crippen LogP contribution in [0.4, 0.5) is 5.69 Å². The van der Waals surface area contributed by atoms with Gasteiger partial charge in [0.2, 0.25) is 5.91 Å². The van der Waals surface area contributed by atoms with E-state index in [2.05, 4.69) is 23.3 Å². The number of anilines is 1. The summed E-state index contributed by atoms with van der Waals surface area (Å²) < 4.78 is 0. The van der Waals surface area contributed by atoms with Crippen molar-refractivity contribution in [2.45, 2.75) is 50.8 Å². The summed E-state index contributed by atoms with van der Waals surface area (Å²) in [6, 6.07) is 11.7. The fourth-order valence-corrected chi connectivity index (χ4v) is 3.30. The third-order valence-corrected chi connectivity index (χ3v) is 5.17. The zero-order valence-electron chi connectivity index (χ0n) is 15.1. The standard InChI is InChI=1S/C20H23N3OS/c1-5-7-17-11-10-16(12-21)20(22-17)25-15(4)19(24)23-18-9-6-8-13(2)14(18)3/h6,8-11,15H,5,7H2,1-4H3,(H,23,24). The van der Waals surface area contributed by atoms with E-state index < -0.39 is 0 Å². The molecule has 25 heavy (non-hydrogen) atoms. The first-order chi connectivity index (χ1) is 12.0. The molecule has 2 rings (SSSR count). The van der Waals surface area contributed by atoms with Crippen LogP contribution in [0, 0.1) is 25.2 Å². The Balaban J connectivity index is 2.14. The van der Waals surface area contributed by atoms with E-state index in [1.54, 1.807) is 6.07 Å². The Morgan fingerprint density at radius 3 is 2.76 bits per heavy atom. The third kappa shape index (κ3) is 4.83. The minimum Gasteiger partial charge on any atom is -0.325 e. The van der Waals surface area contributed by atoms with Crippen molar-refractivity contribution in [3.63, 3.8) is 0 Å². The second-order valence-electron chi connectivity index (χ2n) is 6.01. The molecule has 1 aromatic carbocycles. The molecule has 0 saturated heterocycles. The fraction of sp³-hybridized carbons (Fsp3) is 0.350. The van der Waals surface area contributed by atoms with Gasteiger partial charge < -0.3 is 5.32 Å². The summed E-state index contributed by atoms with van der Waals surface area (Å²) in [6.07, 6.45) is 1.86. The quantitative estimate of drug-likeness (QED) is 0.768. The number of hydrogen-bond acceptors (Lipinski definition) is 4. The normalized spacial score (nSPS) is 11.6. The molecular formula is C20H23N3OS. The highest BCUT2D eigenvalue weighted by atomic mass is 32.2. The lowest BCUT2D eigenvalue weighted by Gasteiger charge is -2.15. The largest absolute Gasteiger partial charge is 0.325 e. The van der Waals surface area contributed by atoms with Gasteiger partial charge in [0, 0.05) is 11.4 Å². The maximum atomic E-state index is 12.5. The van der Waals surface area contributed by atoms with E-state index in [9.17, 15) is 10.1 Å². The molecule has 130 valence electrons. The Labute approximate surface area is 153 Å². The molecule has 1 N–H and O–H groups in total. The summed E-state index contributed by atoms with van der Waals surface area (Å²) in [4.78, 5) is 17.1. The number of rotatable bonds is 6. The number of carbonyl (C=O) groups excluding carboxylic acids is 1. The summed E-state index contributed by atoms with van der Waals surface area (Å²) in [6.45, 7) is 7.94. The molecule has 0 saturated carbocycles. The number of amides is 1. The van der Waals surface area contributed by atoms with Gasteiger partial charge in [0.25, 0.3) is 0 Å². The molecule has 4 nitrogen and oxygen atoms in total. The van der Waals surface area contributed by atoms with Crippen LogP contribution in [0.25, 0.3) is 0 Å². The molecule has 0 bridgehead atoms. The van der Waals surface area contributed by atoms with Crippen LogP contribution in [-0.2, 0) is 11.2 Å². The molecule has 0 spiro atoms. The van der Waals surface area contributed by atoms with Crippen molar-refractivity contribution >= 4 is 23.4 Å². The van der Waals surface area contributed by atoms with E-state index in [4.69, 9.17) is 0 Å². The minimum atomic E-state index is -0.351. The van der Waals surface area contributed by atoms with Crippen LogP contribution >= 0.6 is 11.8 Å². The van der Waals surface area contributed by atoms with Crippen molar-refractivity contribution < 1.29 is 4.79 Å². The highest BCUT2D eigenvalue weighted by Crippen LogP contribution is 2.27. The minimum absolute atomic E-state index is 0.0923. The van der Waals surface area contributed by atoms with Gasteiger partial charge in [-0.2, -0.15) is 5.26 Å². The van der Waals surface area contributed by atoms with Crippen molar-refractivity contribution in [3.05, 3.63) is 52.7 Å². The van der Waals surface area contributed by atoms with Gasteiger partial charge in [0.1, 0.15) is 11.1 Å². The number of pyridine rings is 1. The average molecular weight is 353 g/mol. The Morgan fingerprint density at radius 2 is 2.08 bits per heavy atom. The lowest BCUT2D eigenvalue weighted by atomic mass is 10.1. The Morgan fingerprint density at radius 1 is 1.32 bits per heavy atom. The number of thioether (sulfide) groups is 1. The van der Waals surface area contributed by atoms with Gasteiger partial charge in [0.15, 0.2) is 0 Å². The molecule has 0 radical (unpaired) electrons. The number of carbonyl (C=O) groups is 1. The second kappa shape index (κ2) is 8.68. The van der Waals surface area contributed by atoms with Gasteiger partial charge in [-0.25, -0.2) is 4.98 Å². The Bertz CT molecular complexity index is 811. The Hall–Kier alpha value is -2.32. The zero-order chi connectivity index (χ0) is 18.4. The Kier molecular flexibility index (Phi) is 6.60. The molecular weight excluding hydrogens is 330 g/mol. The number of aromatic nitrogens is 1. The third-order valence-electron chi connectivity index (χ3n) is 4.06. The number of nitrogens with zero attached hydrogens (tertiary/aromatic N) is 2. The van der Waals surface area contributed by atoms with Crippen LogP contribution in [-0.4, -0.2) is 16.1 Å². The molecule has 1 atom stereocenters. The lowest BCUT2D eigenvalue weighted by molar-refractivity contribution is -0.115. The van der Waals surface area contributed by atoms with Crippen molar-refractivity contribution in [1.29, 1.82) is 5.26 Å². The molecule has 5 heteroatoms. The highest BCUT2D eigenvalue weighted by Gasteiger charge is 2.18. The molecule has 1 heterocycles. The van der Waals surface area contributed by atoms with Gasteiger partial charge in [-0.1, -0.05) is 37.2 Å². The molecule has 1 unspecified atom stereocenters. The van der Waals surface area contributed by atoms with Crippen LogP contribution in [0.5, 0.6) is 0 Å². The maximum absolute atomic E-state index is 12.5. The molecule has 0 aliphatic carbocycles. The SMILES string of the molecule is CCCc1ccc(C#N)c(SC(C)C(=O)Nc2cccc(C)c2C)n1. The first-order valence-electron chi connectivity index (χ1n) is 8.40. The number of nitrogens with one attached hydrogen (secondary N) is 1. The summed E-state index contributed by atoms with van der Waals surface area (Å²) in [5, 5.41) is 12.5. The van der Waals surface area contributed by atoms with Crippen LogP contribution in [0.1, 0.15) is 42.7 Å². The zero-order valence-corrected chi connectivity index (χ0v) is 15.9. The van der Waals surface area contributed by atoms with Gasteiger partial charge in [-0.05, 0) is 56.5 Å². The topological polar surface area (TPSA) is 65.8 Å². The van der Waals surface area contributed by atoms with Crippen LogP contribution in [0.2, 0.25) is 0 Å². The number of aryl methyl sites for hydroxylation is 2. The molecule has 1 amide bonds. The van der Waals surface area contributed by atoms with Crippen molar-refractivity contribution in [2.24, 2.45) is 0 Å². The monoisotopic (exact) mass is 353 g/mol. The smallest absolute Gasteiger partial charge is 0.237 e. The number of benzene rings is 1. The van der Waals surface area contributed by atoms with E-state index >= 15 is 0 Å². The molecule has 0 fully saturated rings. The predicted octanol–water partition coefficient (Wildman–Crippen LogP) is 4.64. The molecule has 0 aliphatic rings. The van der Waals surface area contributed by atoms with E-state index in [-0.39, 0.29) is 11.2 Å². The predicted molar refractivity (Wildman–Crippen MR) is 103 cm³/mol. The summed E-state index contributed by atoms with van der Waals surface area (Å²) in [5.41, 5.74) is 4.49. The number of nitriles is 1. The molecule has 1 aromatic heterocycles. The van der Waals surface area contributed by atoms with Crippen LogP contribution in [0.15, 0.2) is 35.4 Å². The van der Waals surface area contributed by atoms with Gasteiger partial charge >= 0.3 is 0 Å². The van der Waals surface area contributed by atoms with Crippen molar-refractivity contribution in [1.82, 2.24) is 4.98 Å². The van der Waals surface area contributed by atoms with Gasteiger partial charge in [0.05, 0.1) is 10.8 Å². The molecule has 0 aliphatic heterocycles. The summed E-state index contributed by atoms with van der Waals surface area (Å²) in [7, 11) is 0. The summed E-state index contributed by atoms with van der Waals surface area (Å²) >= 11 is 1.33. The van der Waals surface area contributed by atoms with E-state index in [0.29, 0.717) is 10.6 Å². The number of hydrogen-bond donors (Lipinski definition) is 1. The van der Waals surface area contributed by atoms with Gasteiger partial charge in [-0.3, -0.25) is 4.79 Å². The highest BCUT2D eigenvalue weighted by molar-refractivity contribution is 8.00. The average Bonchev–Trinajstić information content (AvgIpc) is 2.59. The van der Waals surface area contributed by atoms with Crippen LogP contribution in [0.3, 0.4) is 0 Å². The van der Waals surface area contributed by atoms with E-state index in [1.807, 2.05) is 45.0 Å². The van der Waals surface area contributed by atoms with Crippen molar-refractivity contribution in [3.8, 4) is 6.07 Å². The van der Waals surface area contributed by atoms with Gasteiger partial charge in [-0.15, -0.1) is 0 Å². The molecule has 2 aromatic rings. The first kappa shape index (κ1) is 19.0.